The maximum atomic E-state index is 2.64. The number of benzene rings is 9. The van der Waals surface area contributed by atoms with Crippen LogP contribution in [0.2, 0.25) is 0 Å². The van der Waals surface area contributed by atoms with Crippen molar-refractivity contribution >= 4 is 55.0 Å². The molecule has 2 unspecified atom stereocenters. The molecule has 63 heavy (non-hydrogen) atoms. The van der Waals surface area contributed by atoms with Gasteiger partial charge in [-0.15, -0.1) is 0 Å². The molecule has 2 atom stereocenters. The number of aromatic nitrogens is 2. The topological polar surface area (TPSA) is 13.1 Å². The predicted octanol–water partition coefficient (Wildman–Crippen LogP) is 16.1. The van der Waals surface area contributed by atoms with Gasteiger partial charge in [0.05, 0.1) is 22.1 Å². The molecule has 3 heteroatoms. The van der Waals surface area contributed by atoms with Gasteiger partial charge < -0.3 is 14.0 Å². The van der Waals surface area contributed by atoms with E-state index < -0.39 is 0 Å². The first-order valence-corrected chi connectivity index (χ1v) is 22.6. The second kappa shape index (κ2) is 14.5. The SMILES string of the molecule is c1ccc2c(c1)C1CCCCC1N2c1ccc(-c2cc(-c3ccc(-n4c5ccccc5c5ccccc54)cc3)cc(-c3ccc(-n4c5ccccc5c5ccccc54)cc3)c2)cc1. The molecule has 1 saturated carbocycles. The van der Waals surface area contributed by atoms with E-state index in [1.807, 2.05) is 0 Å². The lowest BCUT2D eigenvalue weighted by Gasteiger charge is -2.33. The second-order valence-electron chi connectivity index (χ2n) is 17.6. The Labute approximate surface area is 367 Å². The summed E-state index contributed by atoms with van der Waals surface area (Å²) in [5, 5.41) is 5.10. The van der Waals surface area contributed by atoms with Gasteiger partial charge in [0.2, 0.25) is 0 Å². The molecule has 3 nitrogen and oxygen atoms in total. The average Bonchev–Trinajstić information content (AvgIpc) is 4.00. The van der Waals surface area contributed by atoms with E-state index in [0.717, 1.165) is 11.4 Å². The van der Waals surface area contributed by atoms with E-state index in [-0.39, 0.29) is 0 Å². The van der Waals surface area contributed by atoms with Crippen molar-refractivity contribution in [2.45, 2.75) is 37.6 Å². The number of rotatable bonds is 6. The number of nitrogens with zero attached hydrogens (tertiary/aromatic N) is 3. The minimum Gasteiger partial charge on any atom is -0.338 e. The lowest BCUT2D eigenvalue weighted by Crippen LogP contribution is -2.32. The third kappa shape index (κ3) is 5.80. The molecule has 1 aliphatic heterocycles. The monoisotopic (exact) mass is 807 g/mol. The molecule has 0 amide bonds. The van der Waals surface area contributed by atoms with E-state index in [0.29, 0.717) is 12.0 Å². The molecule has 0 radical (unpaired) electrons. The zero-order chi connectivity index (χ0) is 41.4. The van der Waals surface area contributed by atoms with Crippen LogP contribution >= 0.6 is 0 Å². The normalized spacial score (nSPS) is 16.0. The van der Waals surface area contributed by atoms with Gasteiger partial charge in [-0.3, -0.25) is 0 Å². The highest BCUT2D eigenvalue weighted by atomic mass is 15.2. The highest BCUT2D eigenvalue weighted by Gasteiger charge is 2.40. The third-order valence-corrected chi connectivity index (χ3v) is 14.1. The van der Waals surface area contributed by atoms with Crippen molar-refractivity contribution in [2.75, 3.05) is 4.90 Å². The van der Waals surface area contributed by atoms with Crippen molar-refractivity contribution in [3.8, 4) is 44.8 Å². The van der Waals surface area contributed by atoms with Crippen LogP contribution in [0, 0.1) is 0 Å². The summed E-state index contributed by atoms with van der Waals surface area (Å²) >= 11 is 0. The predicted molar refractivity (Wildman–Crippen MR) is 265 cm³/mol. The molecular formula is C60H45N3. The van der Waals surface area contributed by atoms with Crippen LogP contribution in [-0.4, -0.2) is 15.2 Å². The summed E-state index contributed by atoms with van der Waals surface area (Å²) in [6, 6.07) is 79.4. The Bertz CT molecular complexity index is 3230. The lowest BCUT2D eigenvalue weighted by atomic mass is 9.82. The Morgan fingerprint density at radius 1 is 0.317 bits per heavy atom. The Hall–Kier alpha value is -7.62. The molecular weight excluding hydrogens is 763 g/mol. The molecule has 1 aliphatic carbocycles. The third-order valence-electron chi connectivity index (χ3n) is 14.1. The van der Waals surface area contributed by atoms with Crippen LogP contribution in [0.5, 0.6) is 0 Å². The standard InChI is InChI=1S/C60H45N3/c1-7-19-55-49(13-1)50-14-2-8-20-56(50)61(55)46-31-25-40(26-32-46)43-37-44(41-27-33-47(34-28-41)62-57-21-9-3-15-51(57)52-16-4-10-22-58(52)62)39-45(38-43)42-29-35-48(36-30-42)63-59-23-11-5-17-53(59)54-18-6-12-24-60(54)63/h1-5,7-11,13-17,19-23,25-39,54,60H,6,12,18,24H2. The molecule has 2 aromatic heterocycles. The molecule has 1 fully saturated rings. The number of hydrogen-bond donors (Lipinski definition) is 0. The fourth-order valence-electron chi connectivity index (χ4n) is 11.3. The zero-order valence-electron chi connectivity index (χ0n) is 35.0. The van der Waals surface area contributed by atoms with Gasteiger partial charge in [0, 0.05) is 56.3 Å². The van der Waals surface area contributed by atoms with E-state index in [4.69, 9.17) is 0 Å². The van der Waals surface area contributed by atoms with Crippen molar-refractivity contribution in [2.24, 2.45) is 0 Å². The summed E-state index contributed by atoms with van der Waals surface area (Å²) in [6.45, 7) is 0. The van der Waals surface area contributed by atoms with Crippen LogP contribution in [0.4, 0.5) is 11.4 Å². The van der Waals surface area contributed by atoms with Crippen molar-refractivity contribution < 1.29 is 0 Å². The van der Waals surface area contributed by atoms with Crippen molar-refractivity contribution in [1.29, 1.82) is 0 Å². The van der Waals surface area contributed by atoms with Crippen LogP contribution in [0.3, 0.4) is 0 Å². The van der Waals surface area contributed by atoms with Crippen molar-refractivity contribution in [1.82, 2.24) is 9.13 Å². The maximum Gasteiger partial charge on any atom is 0.0541 e. The molecule has 11 aromatic rings. The van der Waals surface area contributed by atoms with Gasteiger partial charge in [0.25, 0.3) is 0 Å². The highest BCUT2D eigenvalue weighted by Crippen LogP contribution is 2.51. The van der Waals surface area contributed by atoms with E-state index >= 15 is 0 Å². The quantitative estimate of drug-likeness (QED) is 0.163. The first-order chi connectivity index (χ1) is 31.2. The van der Waals surface area contributed by atoms with E-state index in [1.165, 1.54) is 120 Å². The summed E-state index contributed by atoms with van der Waals surface area (Å²) in [6.07, 6.45) is 5.16. The van der Waals surface area contributed by atoms with Crippen LogP contribution in [0.1, 0.15) is 37.2 Å². The minimum atomic E-state index is 0.535. The van der Waals surface area contributed by atoms with Gasteiger partial charge in [-0.1, -0.05) is 140 Å². The Balaban J connectivity index is 0.911. The smallest absolute Gasteiger partial charge is 0.0541 e. The Kier molecular flexibility index (Phi) is 8.30. The van der Waals surface area contributed by atoms with Crippen LogP contribution in [0.25, 0.3) is 88.4 Å². The molecule has 0 saturated heterocycles. The molecule has 0 spiro atoms. The molecule has 0 bridgehead atoms. The van der Waals surface area contributed by atoms with Crippen molar-refractivity contribution in [3.05, 3.63) is 218 Å². The lowest BCUT2D eigenvalue weighted by molar-refractivity contribution is 0.402. The molecule has 0 N–H and O–H groups in total. The zero-order valence-corrected chi connectivity index (χ0v) is 35.0. The number of fused-ring (bicyclic) bond motifs is 9. The number of hydrogen-bond acceptors (Lipinski definition) is 1. The molecule has 13 rings (SSSR count). The van der Waals surface area contributed by atoms with Gasteiger partial charge in [0.15, 0.2) is 0 Å². The molecule has 2 aliphatic rings. The van der Waals surface area contributed by atoms with Gasteiger partial charge in [-0.2, -0.15) is 0 Å². The van der Waals surface area contributed by atoms with E-state index in [2.05, 4.69) is 226 Å². The minimum absolute atomic E-state index is 0.535. The average molecular weight is 808 g/mol. The highest BCUT2D eigenvalue weighted by molar-refractivity contribution is 6.10. The Morgan fingerprint density at radius 2 is 0.683 bits per heavy atom. The fourth-order valence-corrected chi connectivity index (χ4v) is 11.3. The van der Waals surface area contributed by atoms with Gasteiger partial charge in [0.1, 0.15) is 0 Å². The summed E-state index contributed by atoms with van der Waals surface area (Å²) in [5.74, 6) is 0.622. The molecule has 3 heterocycles. The van der Waals surface area contributed by atoms with Crippen LogP contribution in [-0.2, 0) is 0 Å². The first-order valence-electron chi connectivity index (χ1n) is 22.6. The Morgan fingerprint density at radius 3 is 1.13 bits per heavy atom. The summed E-state index contributed by atoms with van der Waals surface area (Å²) < 4.78 is 4.79. The second-order valence-corrected chi connectivity index (χ2v) is 17.6. The van der Waals surface area contributed by atoms with Crippen LogP contribution in [0.15, 0.2) is 212 Å². The largest absolute Gasteiger partial charge is 0.338 e. The molecule has 9 aromatic carbocycles. The van der Waals surface area contributed by atoms with E-state index in [1.54, 1.807) is 0 Å². The van der Waals surface area contributed by atoms with Crippen LogP contribution < -0.4 is 4.90 Å². The van der Waals surface area contributed by atoms with Gasteiger partial charge >= 0.3 is 0 Å². The number of anilines is 2. The van der Waals surface area contributed by atoms with E-state index in [9.17, 15) is 0 Å². The fraction of sp³-hybridized carbons (Fsp3) is 0.100. The maximum absolute atomic E-state index is 2.64. The molecule has 300 valence electrons. The summed E-state index contributed by atoms with van der Waals surface area (Å²) in [5.41, 5.74) is 18.6. The summed E-state index contributed by atoms with van der Waals surface area (Å²) in [7, 11) is 0. The summed E-state index contributed by atoms with van der Waals surface area (Å²) in [4.78, 5) is 2.64. The number of para-hydroxylation sites is 5. The van der Waals surface area contributed by atoms with Gasteiger partial charge in [-0.05, 0) is 137 Å². The first kappa shape index (κ1) is 36.1. The van der Waals surface area contributed by atoms with Gasteiger partial charge in [-0.25, -0.2) is 0 Å². The van der Waals surface area contributed by atoms with Crippen molar-refractivity contribution in [3.63, 3.8) is 0 Å².